The number of hydrogen-bond acceptors (Lipinski definition) is 2. The van der Waals surface area contributed by atoms with Crippen molar-refractivity contribution in [3.05, 3.63) is 76.3 Å². The molecule has 0 atom stereocenters. The van der Waals surface area contributed by atoms with Gasteiger partial charge in [0.25, 0.3) is 0 Å². The zero-order valence-electron chi connectivity index (χ0n) is 13.3. The molecule has 4 rings (SSSR count). The summed E-state index contributed by atoms with van der Waals surface area (Å²) in [6, 6.07) is 15.6. The fourth-order valence-corrected chi connectivity index (χ4v) is 4.09. The molecule has 0 saturated heterocycles. The van der Waals surface area contributed by atoms with E-state index in [1.807, 2.05) is 12.1 Å². The molecular weight excluding hydrogens is 384 g/mol. The van der Waals surface area contributed by atoms with Crippen LogP contribution in [0.1, 0.15) is 24.0 Å². The highest BCUT2D eigenvalue weighted by atomic mass is 79.9. The molecule has 2 aliphatic carbocycles. The van der Waals surface area contributed by atoms with Crippen LogP contribution < -0.4 is 0 Å². The molecule has 4 heteroatoms. The van der Waals surface area contributed by atoms with Crippen LogP contribution in [-0.4, -0.2) is 14.7 Å². The number of hydrogen-bond donors (Lipinski definition) is 0. The summed E-state index contributed by atoms with van der Waals surface area (Å²) < 4.78 is 24.4. The van der Waals surface area contributed by atoms with Crippen molar-refractivity contribution in [2.45, 2.75) is 17.7 Å². The second-order valence-corrected chi connectivity index (χ2v) is 9.58. The van der Waals surface area contributed by atoms with Crippen LogP contribution in [0.25, 0.3) is 11.1 Å². The third-order valence-corrected chi connectivity index (χ3v) is 6.39. The highest BCUT2D eigenvalue weighted by Crippen LogP contribution is 2.57. The summed E-state index contributed by atoms with van der Waals surface area (Å²) in [4.78, 5) is 0.361. The first-order valence-corrected chi connectivity index (χ1v) is 10.6. The second kappa shape index (κ2) is 5.43. The SMILES string of the molecule is CS(=O)(=O)c1ccc(C2=CC3(C=C2c2ccc(Br)cc2)CC3)cc1. The van der Waals surface area contributed by atoms with Crippen molar-refractivity contribution in [2.75, 3.05) is 6.26 Å². The van der Waals surface area contributed by atoms with E-state index in [9.17, 15) is 8.42 Å². The summed E-state index contributed by atoms with van der Waals surface area (Å²) in [7, 11) is -3.16. The Morgan fingerprint density at radius 1 is 0.833 bits per heavy atom. The summed E-state index contributed by atoms with van der Waals surface area (Å²) >= 11 is 3.48. The lowest BCUT2D eigenvalue weighted by Crippen LogP contribution is -1.97. The zero-order chi connectivity index (χ0) is 16.9. The molecule has 0 bridgehead atoms. The summed E-state index contributed by atoms with van der Waals surface area (Å²) in [5.41, 5.74) is 4.93. The summed E-state index contributed by atoms with van der Waals surface area (Å²) in [6.45, 7) is 0. The molecule has 2 aliphatic rings. The van der Waals surface area contributed by atoms with E-state index >= 15 is 0 Å². The van der Waals surface area contributed by atoms with Crippen molar-refractivity contribution in [2.24, 2.45) is 5.41 Å². The lowest BCUT2D eigenvalue weighted by atomic mass is 9.95. The number of sulfone groups is 1. The second-order valence-electron chi connectivity index (χ2n) is 6.65. The van der Waals surface area contributed by atoms with E-state index in [0.29, 0.717) is 4.90 Å². The largest absolute Gasteiger partial charge is 0.224 e. The molecule has 0 heterocycles. The predicted molar refractivity (Wildman–Crippen MR) is 101 cm³/mol. The van der Waals surface area contributed by atoms with Crippen LogP contribution in [0.4, 0.5) is 0 Å². The first kappa shape index (κ1) is 15.9. The summed E-state index contributed by atoms with van der Waals surface area (Å²) in [5.74, 6) is 0. The minimum absolute atomic E-state index is 0.216. The van der Waals surface area contributed by atoms with Crippen LogP contribution >= 0.6 is 15.9 Å². The molecule has 2 aromatic carbocycles. The van der Waals surface area contributed by atoms with Gasteiger partial charge in [-0.3, -0.25) is 0 Å². The van der Waals surface area contributed by atoms with Gasteiger partial charge in [-0.15, -0.1) is 0 Å². The number of allylic oxidation sites excluding steroid dienone is 4. The third kappa shape index (κ3) is 2.89. The van der Waals surface area contributed by atoms with Gasteiger partial charge in [0.05, 0.1) is 4.90 Å². The first-order valence-electron chi connectivity index (χ1n) is 7.89. The molecule has 0 amide bonds. The van der Waals surface area contributed by atoms with E-state index < -0.39 is 9.84 Å². The maximum Gasteiger partial charge on any atom is 0.175 e. The highest BCUT2D eigenvalue weighted by Gasteiger charge is 2.43. The van der Waals surface area contributed by atoms with Crippen molar-refractivity contribution in [1.82, 2.24) is 0 Å². The van der Waals surface area contributed by atoms with Gasteiger partial charge in [0, 0.05) is 16.1 Å². The zero-order valence-corrected chi connectivity index (χ0v) is 15.7. The van der Waals surface area contributed by atoms with Gasteiger partial charge in [0.2, 0.25) is 0 Å². The van der Waals surface area contributed by atoms with E-state index in [2.05, 4.69) is 52.3 Å². The van der Waals surface area contributed by atoms with E-state index in [0.717, 1.165) is 10.0 Å². The van der Waals surface area contributed by atoms with E-state index in [4.69, 9.17) is 0 Å². The minimum Gasteiger partial charge on any atom is -0.224 e. The Kier molecular flexibility index (Phi) is 3.59. The van der Waals surface area contributed by atoms with Gasteiger partial charge in [-0.25, -0.2) is 8.42 Å². The van der Waals surface area contributed by atoms with Gasteiger partial charge in [-0.2, -0.15) is 0 Å². The molecule has 0 aliphatic heterocycles. The topological polar surface area (TPSA) is 34.1 Å². The van der Waals surface area contributed by atoms with Crippen LogP contribution in [-0.2, 0) is 9.84 Å². The molecule has 0 radical (unpaired) electrons. The molecule has 0 aromatic heterocycles. The van der Waals surface area contributed by atoms with Crippen molar-refractivity contribution >= 4 is 36.9 Å². The van der Waals surface area contributed by atoms with Crippen molar-refractivity contribution in [1.29, 1.82) is 0 Å². The molecule has 1 spiro atoms. The van der Waals surface area contributed by atoms with Gasteiger partial charge < -0.3 is 0 Å². The first-order chi connectivity index (χ1) is 11.4. The quantitative estimate of drug-likeness (QED) is 0.716. The van der Waals surface area contributed by atoms with Gasteiger partial charge >= 0.3 is 0 Å². The van der Waals surface area contributed by atoms with Gasteiger partial charge in [0.15, 0.2) is 9.84 Å². The van der Waals surface area contributed by atoms with E-state index in [-0.39, 0.29) is 5.41 Å². The van der Waals surface area contributed by atoms with E-state index in [1.54, 1.807) is 12.1 Å². The Morgan fingerprint density at radius 2 is 1.29 bits per heavy atom. The van der Waals surface area contributed by atoms with Gasteiger partial charge in [0.1, 0.15) is 0 Å². The molecule has 2 nitrogen and oxygen atoms in total. The van der Waals surface area contributed by atoms with Crippen LogP contribution in [0.5, 0.6) is 0 Å². The molecule has 2 aromatic rings. The summed E-state index contributed by atoms with van der Waals surface area (Å²) in [5, 5.41) is 0. The molecule has 1 fully saturated rings. The van der Waals surface area contributed by atoms with Crippen LogP contribution in [0.3, 0.4) is 0 Å². The van der Waals surface area contributed by atoms with Crippen molar-refractivity contribution in [3.63, 3.8) is 0 Å². The van der Waals surface area contributed by atoms with Crippen LogP contribution in [0.15, 0.2) is 70.1 Å². The molecule has 0 unspecified atom stereocenters. The molecule has 24 heavy (non-hydrogen) atoms. The molecule has 1 saturated carbocycles. The predicted octanol–water partition coefficient (Wildman–Crippen LogP) is 5.11. The average molecular weight is 401 g/mol. The third-order valence-electron chi connectivity index (χ3n) is 4.73. The number of benzene rings is 2. The smallest absolute Gasteiger partial charge is 0.175 e. The Balaban J connectivity index is 1.76. The Bertz CT molecular complexity index is 961. The van der Waals surface area contributed by atoms with Crippen LogP contribution in [0, 0.1) is 5.41 Å². The molecule has 122 valence electrons. The lowest BCUT2D eigenvalue weighted by Gasteiger charge is -2.10. The van der Waals surface area contributed by atoms with E-state index in [1.165, 1.54) is 35.8 Å². The monoisotopic (exact) mass is 400 g/mol. The van der Waals surface area contributed by atoms with Gasteiger partial charge in [-0.1, -0.05) is 52.3 Å². The fraction of sp³-hybridized carbons (Fsp3) is 0.200. The molecular formula is C20H17BrO2S. The van der Waals surface area contributed by atoms with Crippen LogP contribution in [0.2, 0.25) is 0 Å². The fourth-order valence-electron chi connectivity index (χ4n) is 3.19. The standard InChI is InChI=1S/C20H17BrO2S/c1-24(22,23)17-8-4-15(5-9-17)19-13-20(10-11-20)12-18(19)14-2-6-16(21)7-3-14/h2-9,12-13H,10-11H2,1H3. The highest BCUT2D eigenvalue weighted by molar-refractivity contribution is 9.10. The Hall–Kier alpha value is -1.65. The Labute approximate surface area is 151 Å². The lowest BCUT2D eigenvalue weighted by molar-refractivity contribution is 0.602. The minimum atomic E-state index is -3.16. The van der Waals surface area contributed by atoms with Crippen molar-refractivity contribution < 1.29 is 8.42 Å². The number of rotatable bonds is 3. The maximum absolute atomic E-state index is 11.7. The average Bonchev–Trinajstić information content (AvgIpc) is 3.19. The van der Waals surface area contributed by atoms with Crippen molar-refractivity contribution in [3.8, 4) is 0 Å². The molecule has 0 N–H and O–H groups in total. The maximum atomic E-state index is 11.7. The normalized spacial score (nSPS) is 18.4. The van der Waals surface area contributed by atoms with Gasteiger partial charge in [-0.05, 0) is 59.4 Å². The summed E-state index contributed by atoms with van der Waals surface area (Å²) in [6.07, 6.45) is 8.34. The number of halogens is 1. The Morgan fingerprint density at radius 3 is 1.71 bits per heavy atom.